The molecule has 0 amide bonds. The van der Waals surface area contributed by atoms with E-state index in [2.05, 4.69) is 22.8 Å². The maximum atomic E-state index is 10.9. The standard InChI is InChI=1S/C10H17NO2/c1-11-7-5-9(6-8-11)3-4-10(12)13-2/h5H,3-4,6-8H2,1-2H3. The zero-order valence-electron chi connectivity index (χ0n) is 8.38. The molecule has 1 heterocycles. The van der Waals surface area contributed by atoms with Crippen LogP contribution >= 0.6 is 0 Å². The van der Waals surface area contributed by atoms with Crippen LogP contribution in [0.1, 0.15) is 19.3 Å². The lowest BCUT2D eigenvalue weighted by atomic mass is 10.0. The Labute approximate surface area is 79.4 Å². The normalized spacial score (nSPS) is 18.2. The topological polar surface area (TPSA) is 29.5 Å². The summed E-state index contributed by atoms with van der Waals surface area (Å²) in [5, 5.41) is 0. The second-order valence-electron chi connectivity index (χ2n) is 3.45. The SMILES string of the molecule is COC(=O)CCC1=CCN(C)CC1. The summed E-state index contributed by atoms with van der Waals surface area (Å²) in [7, 11) is 3.54. The van der Waals surface area contributed by atoms with Gasteiger partial charge in [-0.05, 0) is 19.9 Å². The van der Waals surface area contributed by atoms with Crippen LogP contribution in [-0.2, 0) is 9.53 Å². The Bertz CT molecular complexity index is 211. The molecule has 0 unspecified atom stereocenters. The molecule has 0 saturated carbocycles. The average molecular weight is 183 g/mol. The molecule has 1 aliphatic rings. The van der Waals surface area contributed by atoms with Crippen molar-refractivity contribution in [1.29, 1.82) is 0 Å². The molecule has 1 aliphatic heterocycles. The van der Waals surface area contributed by atoms with Gasteiger partial charge in [-0.2, -0.15) is 0 Å². The summed E-state index contributed by atoms with van der Waals surface area (Å²) in [6.07, 6.45) is 4.69. The van der Waals surface area contributed by atoms with Gasteiger partial charge >= 0.3 is 5.97 Å². The van der Waals surface area contributed by atoms with Crippen molar-refractivity contribution in [3.63, 3.8) is 0 Å². The van der Waals surface area contributed by atoms with E-state index in [1.165, 1.54) is 12.7 Å². The Morgan fingerprint density at radius 1 is 1.69 bits per heavy atom. The highest BCUT2D eigenvalue weighted by molar-refractivity contribution is 5.69. The quantitative estimate of drug-likeness (QED) is 0.486. The lowest BCUT2D eigenvalue weighted by Crippen LogP contribution is -2.24. The molecular weight excluding hydrogens is 166 g/mol. The van der Waals surface area contributed by atoms with E-state index >= 15 is 0 Å². The number of methoxy groups -OCH3 is 1. The molecule has 1 rings (SSSR count). The van der Waals surface area contributed by atoms with Gasteiger partial charge in [0, 0.05) is 19.5 Å². The van der Waals surface area contributed by atoms with Crippen molar-refractivity contribution in [2.24, 2.45) is 0 Å². The first-order chi connectivity index (χ1) is 6.22. The second kappa shape index (κ2) is 5.02. The first-order valence-electron chi connectivity index (χ1n) is 4.65. The summed E-state index contributed by atoms with van der Waals surface area (Å²) in [6.45, 7) is 2.11. The van der Waals surface area contributed by atoms with Crippen molar-refractivity contribution < 1.29 is 9.53 Å². The van der Waals surface area contributed by atoms with Gasteiger partial charge in [-0.25, -0.2) is 0 Å². The number of carbonyl (C=O) groups excluding carboxylic acids is 1. The molecule has 0 radical (unpaired) electrons. The average Bonchev–Trinajstić information content (AvgIpc) is 2.16. The van der Waals surface area contributed by atoms with E-state index < -0.39 is 0 Å². The molecule has 0 N–H and O–H groups in total. The van der Waals surface area contributed by atoms with Crippen LogP contribution in [0.3, 0.4) is 0 Å². The minimum absolute atomic E-state index is 0.111. The van der Waals surface area contributed by atoms with E-state index in [4.69, 9.17) is 0 Å². The molecule has 0 saturated heterocycles. The van der Waals surface area contributed by atoms with Gasteiger partial charge in [0.1, 0.15) is 0 Å². The number of hydrogen-bond donors (Lipinski definition) is 0. The minimum Gasteiger partial charge on any atom is -0.469 e. The fourth-order valence-corrected chi connectivity index (χ4v) is 1.40. The number of ether oxygens (including phenoxy) is 1. The third-order valence-electron chi connectivity index (χ3n) is 2.38. The lowest BCUT2D eigenvalue weighted by Gasteiger charge is -2.21. The van der Waals surface area contributed by atoms with Gasteiger partial charge < -0.3 is 9.64 Å². The van der Waals surface area contributed by atoms with Crippen LogP contribution in [0.5, 0.6) is 0 Å². The Morgan fingerprint density at radius 2 is 2.46 bits per heavy atom. The molecule has 0 aromatic carbocycles. The molecule has 0 aromatic heterocycles. The molecule has 3 heteroatoms. The van der Waals surface area contributed by atoms with E-state index in [0.29, 0.717) is 6.42 Å². The van der Waals surface area contributed by atoms with Crippen LogP contribution < -0.4 is 0 Å². The summed E-state index contributed by atoms with van der Waals surface area (Å²) >= 11 is 0. The Hall–Kier alpha value is -0.830. The van der Waals surface area contributed by atoms with Crippen LogP contribution in [0.4, 0.5) is 0 Å². The maximum Gasteiger partial charge on any atom is 0.305 e. The van der Waals surface area contributed by atoms with Gasteiger partial charge in [0.25, 0.3) is 0 Å². The maximum absolute atomic E-state index is 10.9. The monoisotopic (exact) mass is 183 g/mol. The van der Waals surface area contributed by atoms with Crippen LogP contribution in [0.15, 0.2) is 11.6 Å². The fraction of sp³-hybridized carbons (Fsp3) is 0.700. The summed E-state index contributed by atoms with van der Waals surface area (Å²) in [6, 6.07) is 0. The summed E-state index contributed by atoms with van der Waals surface area (Å²) in [5.74, 6) is -0.111. The molecular formula is C10H17NO2. The van der Waals surface area contributed by atoms with Gasteiger partial charge in [0.2, 0.25) is 0 Å². The number of likely N-dealkylation sites (N-methyl/N-ethyl adjacent to an activating group) is 1. The molecule has 74 valence electrons. The van der Waals surface area contributed by atoms with Crippen molar-refractivity contribution in [1.82, 2.24) is 4.90 Å². The van der Waals surface area contributed by atoms with Crippen molar-refractivity contribution in [2.75, 3.05) is 27.2 Å². The van der Waals surface area contributed by atoms with E-state index in [1.807, 2.05) is 0 Å². The third-order valence-corrected chi connectivity index (χ3v) is 2.38. The first-order valence-corrected chi connectivity index (χ1v) is 4.65. The third kappa shape index (κ3) is 3.59. The highest BCUT2D eigenvalue weighted by Gasteiger charge is 2.09. The molecule has 0 aliphatic carbocycles. The molecule has 3 nitrogen and oxygen atoms in total. The number of carbonyl (C=O) groups is 1. The van der Waals surface area contributed by atoms with Gasteiger partial charge in [0.15, 0.2) is 0 Å². The van der Waals surface area contributed by atoms with E-state index in [1.54, 1.807) is 0 Å². The molecule has 0 atom stereocenters. The predicted octanol–water partition coefficient (Wildman–Crippen LogP) is 1.20. The van der Waals surface area contributed by atoms with E-state index in [-0.39, 0.29) is 5.97 Å². The molecule has 13 heavy (non-hydrogen) atoms. The second-order valence-corrected chi connectivity index (χ2v) is 3.45. The Balaban J connectivity index is 2.26. The fourth-order valence-electron chi connectivity index (χ4n) is 1.40. The minimum atomic E-state index is -0.111. The predicted molar refractivity (Wildman–Crippen MR) is 51.4 cm³/mol. The van der Waals surface area contributed by atoms with Gasteiger partial charge in [-0.15, -0.1) is 0 Å². The highest BCUT2D eigenvalue weighted by atomic mass is 16.5. The number of esters is 1. The molecule has 0 spiro atoms. The van der Waals surface area contributed by atoms with E-state index in [9.17, 15) is 4.79 Å². The highest BCUT2D eigenvalue weighted by Crippen LogP contribution is 2.14. The van der Waals surface area contributed by atoms with Crippen LogP contribution in [-0.4, -0.2) is 38.1 Å². The van der Waals surface area contributed by atoms with Crippen LogP contribution in [0.25, 0.3) is 0 Å². The van der Waals surface area contributed by atoms with Gasteiger partial charge in [-0.3, -0.25) is 4.79 Å². The summed E-state index contributed by atoms with van der Waals surface area (Å²) in [4.78, 5) is 13.1. The number of rotatable bonds is 3. The van der Waals surface area contributed by atoms with E-state index in [0.717, 1.165) is 25.9 Å². The summed E-state index contributed by atoms with van der Waals surface area (Å²) < 4.78 is 4.59. The molecule has 0 aromatic rings. The number of hydrogen-bond acceptors (Lipinski definition) is 3. The van der Waals surface area contributed by atoms with Gasteiger partial charge in [0.05, 0.1) is 7.11 Å². The van der Waals surface area contributed by atoms with Crippen LogP contribution in [0, 0.1) is 0 Å². The zero-order valence-corrected chi connectivity index (χ0v) is 8.38. The number of nitrogens with zero attached hydrogens (tertiary/aromatic N) is 1. The molecule has 0 fully saturated rings. The van der Waals surface area contributed by atoms with Crippen LogP contribution in [0.2, 0.25) is 0 Å². The summed E-state index contributed by atoms with van der Waals surface area (Å²) in [5.41, 5.74) is 1.39. The Kier molecular flexibility index (Phi) is 3.96. The van der Waals surface area contributed by atoms with Crippen molar-refractivity contribution in [2.45, 2.75) is 19.3 Å². The van der Waals surface area contributed by atoms with Crippen molar-refractivity contribution in [3.05, 3.63) is 11.6 Å². The Morgan fingerprint density at radius 3 is 3.00 bits per heavy atom. The van der Waals surface area contributed by atoms with Gasteiger partial charge in [-0.1, -0.05) is 11.6 Å². The lowest BCUT2D eigenvalue weighted by molar-refractivity contribution is -0.140. The van der Waals surface area contributed by atoms with Crippen molar-refractivity contribution >= 4 is 5.97 Å². The smallest absolute Gasteiger partial charge is 0.305 e. The first kappa shape index (κ1) is 10.3. The zero-order chi connectivity index (χ0) is 9.68. The van der Waals surface area contributed by atoms with Crippen molar-refractivity contribution in [3.8, 4) is 0 Å². The largest absolute Gasteiger partial charge is 0.469 e. The molecule has 0 bridgehead atoms.